The number of ether oxygens (including phenoxy) is 1. The number of imide groups is 1. The second-order valence-corrected chi connectivity index (χ2v) is 16.5. The fourth-order valence-corrected chi connectivity index (χ4v) is 8.13. The van der Waals surface area contributed by atoms with E-state index in [1.807, 2.05) is 18.2 Å². The Morgan fingerprint density at radius 2 is 1.70 bits per heavy atom. The Morgan fingerprint density at radius 3 is 2.39 bits per heavy atom. The minimum Gasteiger partial charge on any atom is -0.458 e. The van der Waals surface area contributed by atoms with E-state index in [9.17, 15) is 38.4 Å². The molecule has 4 N–H and O–H groups in total. The second kappa shape index (κ2) is 17.8. The van der Waals surface area contributed by atoms with Crippen LogP contribution in [0.2, 0.25) is 0 Å². The molecule has 2 aromatic rings. The minimum absolute atomic E-state index is 0.00642. The van der Waals surface area contributed by atoms with Crippen LogP contribution >= 0.6 is 0 Å². The van der Waals surface area contributed by atoms with Crippen LogP contribution in [0.15, 0.2) is 23.0 Å². The predicted molar refractivity (Wildman–Crippen MR) is 206 cm³/mol. The first-order chi connectivity index (χ1) is 26.4. The highest BCUT2D eigenvalue weighted by Gasteiger charge is 2.45. The number of nitrogens with zero attached hydrogens (tertiary/aromatic N) is 4. The molecule has 5 rings (SSSR count). The topological polar surface area (TPSA) is 212 Å². The van der Waals surface area contributed by atoms with Crippen molar-refractivity contribution in [2.75, 3.05) is 13.1 Å². The number of nitrogens with two attached hydrogens (primary N) is 1. The molecule has 16 heteroatoms. The summed E-state index contributed by atoms with van der Waals surface area (Å²) in [6.45, 7) is 7.62. The summed E-state index contributed by atoms with van der Waals surface area (Å²) >= 11 is 0. The number of unbranched alkanes of at least 4 members (excludes halogenated alkanes) is 3. The molecule has 1 aromatic carbocycles. The van der Waals surface area contributed by atoms with Crippen LogP contribution in [0.25, 0.3) is 11.0 Å². The van der Waals surface area contributed by atoms with Crippen LogP contribution in [-0.4, -0.2) is 97.2 Å². The number of nitrogens with one attached hydrogen (secondary N) is 2. The fraction of sp³-hybridized carbons (Fsp3) is 0.650. The lowest BCUT2D eigenvalue weighted by atomic mass is 10.0. The molecule has 56 heavy (non-hydrogen) atoms. The minimum atomic E-state index is -1.09. The molecule has 0 aliphatic carbocycles. The molecule has 0 radical (unpaired) electrons. The molecule has 0 bridgehead atoms. The van der Waals surface area contributed by atoms with E-state index in [1.165, 1.54) is 9.13 Å². The summed E-state index contributed by atoms with van der Waals surface area (Å²) in [5, 5.41) is 5.06. The number of esters is 1. The van der Waals surface area contributed by atoms with E-state index in [-0.39, 0.29) is 61.7 Å². The second-order valence-electron chi connectivity index (χ2n) is 16.5. The van der Waals surface area contributed by atoms with Gasteiger partial charge in [-0.2, -0.15) is 0 Å². The third-order valence-electron chi connectivity index (χ3n) is 11.0. The van der Waals surface area contributed by atoms with Gasteiger partial charge in [-0.1, -0.05) is 25.8 Å². The summed E-state index contributed by atoms with van der Waals surface area (Å²) in [5.74, 6) is -3.27. The Kier molecular flexibility index (Phi) is 13.4. The summed E-state index contributed by atoms with van der Waals surface area (Å²) < 4.78 is 8.48. The van der Waals surface area contributed by atoms with Gasteiger partial charge in [0.15, 0.2) is 0 Å². The number of piperidine rings is 1. The number of carbonyl (C=O) groups is 7. The monoisotopic (exact) mass is 779 g/mol. The lowest BCUT2D eigenvalue weighted by Gasteiger charge is -2.38. The number of carbonyl (C=O) groups excluding carboxylic acids is 7. The normalized spacial score (nSPS) is 22.3. The molecule has 1 aromatic heterocycles. The van der Waals surface area contributed by atoms with Crippen LogP contribution in [-0.2, 0) is 51.8 Å². The number of imidazole rings is 1. The Labute approximate surface area is 326 Å². The maximum Gasteiger partial charge on any atom is 0.329 e. The van der Waals surface area contributed by atoms with Gasteiger partial charge in [0.1, 0.15) is 23.7 Å². The Bertz CT molecular complexity index is 1910. The van der Waals surface area contributed by atoms with Crippen molar-refractivity contribution in [1.82, 2.24) is 29.6 Å². The van der Waals surface area contributed by atoms with Crippen molar-refractivity contribution in [2.45, 2.75) is 141 Å². The largest absolute Gasteiger partial charge is 0.458 e. The first kappa shape index (κ1) is 42.1. The standard InChI is InChI=1S/C40H57N7O9/c1-24-23-45(21-20-26-13-16-29(46(26)37(24)53)35(51)42-27(14-18-32(41)48)38(54)56-40(2,3)4)34(50)11-9-7-6-8-10-25-12-15-28-31(22-25)44(5)39(55)47(28)30-17-19-33(49)43-36(30)52/h12,15,22,24,26-27,29-30H,6-11,13-14,16-21,23H2,1-5H3,(H2,41,48)(H,42,51)(H,43,49,52)/t24-,26+,27-,29-,30?/m0/s1. The van der Waals surface area contributed by atoms with Gasteiger partial charge in [-0.05, 0) is 89.8 Å². The lowest BCUT2D eigenvalue weighted by Crippen LogP contribution is -2.56. The Balaban J connectivity index is 1.09. The number of amides is 6. The number of hydrogen-bond acceptors (Lipinski definition) is 9. The van der Waals surface area contributed by atoms with E-state index in [2.05, 4.69) is 10.6 Å². The molecule has 306 valence electrons. The molecule has 1 unspecified atom stereocenters. The molecule has 0 saturated carbocycles. The number of aryl methyl sites for hydroxylation is 2. The van der Waals surface area contributed by atoms with E-state index in [4.69, 9.17) is 10.5 Å². The molecule has 5 atom stereocenters. The van der Waals surface area contributed by atoms with Crippen LogP contribution in [0.3, 0.4) is 0 Å². The van der Waals surface area contributed by atoms with Gasteiger partial charge in [0, 0.05) is 45.4 Å². The van der Waals surface area contributed by atoms with Crippen LogP contribution in [0.4, 0.5) is 0 Å². The summed E-state index contributed by atoms with van der Waals surface area (Å²) in [5.41, 5.74) is 6.66. The summed E-state index contributed by atoms with van der Waals surface area (Å²) in [7, 11) is 1.68. The van der Waals surface area contributed by atoms with E-state index in [0.29, 0.717) is 44.2 Å². The number of aromatic nitrogens is 2. The van der Waals surface area contributed by atoms with Crippen molar-refractivity contribution in [2.24, 2.45) is 18.7 Å². The number of hydrogen-bond donors (Lipinski definition) is 3. The molecular formula is C40H57N7O9. The summed E-state index contributed by atoms with van der Waals surface area (Å²) in [4.78, 5) is 106. The van der Waals surface area contributed by atoms with Gasteiger partial charge in [0.2, 0.25) is 35.4 Å². The van der Waals surface area contributed by atoms with Gasteiger partial charge in [-0.15, -0.1) is 0 Å². The average molecular weight is 780 g/mol. The van der Waals surface area contributed by atoms with E-state index < -0.39 is 53.3 Å². The Morgan fingerprint density at radius 1 is 0.964 bits per heavy atom. The molecule has 3 fully saturated rings. The molecule has 6 amide bonds. The van der Waals surface area contributed by atoms with E-state index in [1.54, 1.807) is 44.5 Å². The van der Waals surface area contributed by atoms with Crippen molar-refractivity contribution >= 4 is 52.4 Å². The molecule has 16 nitrogen and oxygen atoms in total. The number of primary amides is 1. The highest BCUT2D eigenvalue weighted by Crippen LogP contribution is 2.31. The maximum atomic E-state index is 13.7. The molecule has 3 aliphatic rings. The van der Waals surface area contributed by atoms with Crippen LogP contribution in [0.5, 0.6) is 0 Å². The highest BCUT2D eigenvalue weighted by molar-refractivity contribution is 6.00. The van der Waals surface area contributed by atoms with Gasteiger partial charge in [0.05, 0.1) is 17.0 Å². The van der Waals surface area contributed by atoms with Gasteiger partial charge in [-0.25, -0.2) is 9.59 Å². The molecule has 3 saturated heterocycles. The third-order valence-corrected chi connectivity index (χ3v) is 11.0. The van der Waals surface area contributed by atoms with Crippen LogP contribution in [0, 0.1) is 5.92 Å². The zero-order chi connectivity index (χ0) is 40.9. The molecular weight excluding hydrogens is 722 g/mol. The zero-order valence-electron chi connectivity index (χ0n) is 33.3. The third kappa shape index (κ3) is 10.0. The SMILES string of the molecule is C[C@H]1CN(C(=O)CCCCCCc2ccc3c(c2)n(C)c(=O)n3C2CCC(=O)NC2=O)CC[C@H]2CC[C@@H](C(=O)N[C@@H](CCC(N)=O)C(=O)OC(C)(C)C)N2C1=O. The van der Waals surface area contributed by atoms with Gasteiger partial charge in [-0.3, -0.25) is 43.2 Å². The number of fused-ring (bicyclic) bond motifs is 2. The van der Waals surface area contributed by atoms with Crippen molar-refractivity contribution < 1.29 is 38.3 Å². The number of benzene rings is 1. The van der Waals surface area contributed by atoms with Crippen LogP contribution in [0.1, 0.15) is 116 Å². The van der Waals surface area contributed by atoms with Crippen molar-refractivity contribution in [1.29, 1.82) is 0 Å². The molecule has 0 spiro atoms. The smallest absolute Gasteiger partial charge is 0.329 e. The average Bonchev–Trinajstić information content (AvgIpc) is 3.65. The zero-order valence-corrected chi connectivity index (χ0v) is 33.3. The molecule has 3 aliphatic heterocycles. The highest BCUT2D eigenvalue weighted by atomic mass is 16.6. The van der Waals surface area contributed by atoms with E-state index in [0.717, 1.165) is 36.8 Å². The van der Waals surface area contributed by atoms with Crippen LogP contribution < -0.4 is 22.1 Å². The van der Waals surface area contributed by atoms with E-state index >= 15 is 0 Å². The summed E-state index contributed by atoms with van der Waals surface area (Å²) in [6, 6.07) is 2.99. The quantitative estimate of drug-likeness (QED) is 0.145. The lowest BCUT2D eigenvalue weighted by molar-refractivity contribution is -0.159. The van der Waals surface area contributed by atoms with Gasteiger partial charge >= 0.3 is 11.7 Å². The van der Waals surface area contributed by atoms with Crippen molar-refractivity contribution in [3.8, 4) is 0 Å². The Hall–Kier alpha value is -5.02. The van der Waals surface area contributed by atoms with Crippen molar-refractivity contribution in [3.05, 3.63) is 34.2 Å². The summed E-state index contributed by atoms with van der Waals surface area (Å²) in [6.07, 6.45) is 6.43. The molecule has 4 heterocycles. The van der Waals surface area contributed by atoms with Gasteiger partial charge in [0.25, 0.3) is 0 Å². The fourth-order valence-electron chi connectivity index (χ4n) is 8.13. The first-order valence-electron chi connectivity index (χ1n) is 19.9. The van der Waals surface area contributed by atoms with Crippen molar-refractivity contribution in [3.63, 3.8) is 0 Å². The maximum absolute atomic E-state index is 13.7. The first-order valence-corrected chi connectivity index (χ1v) is 19.9. The van der Waals surface area contributed by atoms with Gasteiger partial charge < -0.3 is 25.6 Å². The number of rotatable bonds is 14. The predicted octanol–water partition coefficient (Wildman–Crippen LogP) is 2.13.